The number of esters is 1. The van der Waals surface area contributed by atoms with Crippen molar-refractivity contribution in [2.75, 3.05) is 44.9 Å². The zero-order valence-corrected chi connectivity index (χ0v) is 16.2. The third-order valence-corrected chi connectivity index (χ3v) is 5.55. The van der Waals surface area contributed by atoms with Crippen LogP contribution in [0.2, 0.25) is 0 Å². The molecule has 150 valence electrons. The molecular weight excluding hydrogens is 360 g/mol. The van der Waals surface area contributed by atoms with Gasteiger partial charge in [0.15, 0.2) is 6.61 Å². The number of anilines is 1. The van der Waals surface area contributed by atoms with Crippen LogP contribution in [0.5, 0.6) is 0 Å². The van der Waals surface area contributed by atoms with Gasteiger partial charge in [-0.05, 0) is 25.0 Å². The van der Waals surface area contributed by atoms with E-state index in [0.29, 0.717) is 50.5 Å². The lowest BCUT2D eigenvalue weighted by Gasteiger charge is -2.38. The molecule has 0 radical (unpaired) electrons. The van der Waals surface area contributed by atoms with Crippen LogP contribution in [0, 0.1) is 11.3 Å². The summed E-state index contributed by atoms with van der Waals surface area (Å²) in [5, 5.41) is 9.62. The predicted molar refractivity (Wildman–Crippen MR) is 102 cm³/mol. The van der Waals surface area contributed by atoms with E-state index in [-0.39, 0.29) is 5.91 Å². The van der Waals surface area contributed by atoms with Crippen LogP contribution in [0.25, 0.3) is 0 Å². The maximum absolute atomic E-state index is 12.6. The van der Waals surface area contributed by atoms with Crippen molar-refractivity contribution < 1.29 is 19.1 Å². The number of hydrogen-bond acceptors (Lipinski definition) is 7. The number of carbonyl (C=O) groups is 2. The summed E-state index contributed by atoms with van der Waals surface area (Å²) in [5.74, 6) is -0.419. The van der Waals surface area contributed by atoms with Crippen molar-refractivity contribution in [2.45, 2.75) is 37.6 Å². The third kappa shape index (κ3) is 4.25. The SMILES string of the molecule is CN(C(=O)COC(=O)c1cccnc1N1CCOCC1)C1(C#N)CCCCC1. The van der Waals surface area contributed by atoms with Crippen molar-refractivity contribution in [3.63, 3.8) is 0 Å². The van der Waals surface area contributed by atoms with Gasteiger partial charge in [-0.2, -0.15) is 5.26 Å². The Balaban J connectivity index is 1.64. The molecule has 1 aromatic heterocycles. The first-order chi connectivity index (χ1) is 13.6. The molecule has 8 heteroatoms. The summed E-state index contributed by atoms with van der Waals surface area (Å²) < 4.78 is 10.6. The van der Waals surface area contributed by atoms with Crippen LogP contribution in [0.15, 0.2) is 18.3 Å². The summed E-state index contributed by atoms with van der Waals surface area (Å²) in [5.41, 5.74) is -0.470. The second-order valence-corrected chi connectivity index (χ2v) is 7.21. The standard InChI is InChI=1S/C20H26N4O4/c1-23(20(15-21)7-3-2-4-8-20)17(25)14-28-19(26)16-6-5-9-22-18(16)24-10-12-27-13-11-24/h5-6,9H,2-4,7-8,10-14H2,1H3. The molecule has 28 heavy (non-hydrogen) atoms. The van der Waals surface area contributed by atoms with Crippen LogP contribution in [-0.2, 0) is 14.3 Å². The van der Waals surface area contributed by atoms with E-state index in [1.807, 2.05) is 4.90 Å². The van der Waals surface area contributed by atoms with Gasteiger partial charge in [0, 0.05) is 26.3 Å². The van der Waals surface area contributed by atoms with Crippen molar-refractivity contribution >= 4 is 17.7 Å². The van der Waals surface area contributed by atoms with Gasteiger partial charge in [0.1, 0.15) is 16.9 Å². The van der Waals surface area contributed by atoms with Crippen LogP contribution in [0.4, 0.5) is 5.82 Å². The molecule has 1 aromatic rings. The topological polar surface area (TPSA) is 95.8 Å². The number of ether oxygens (including phenoxy) is 2. The number of carbonyl (C=O) groups excluding carboxylic acids is 2. The minimum absolute atomic E-state index is 0.326. The first-order valence-electron chi connectivity index (χ1n) is 9.70. The number of nitriles is 1. The van der Waals surface area contributed by atoms with Crippen molar-refractivity contribution in [1.29, 1.82) is 5.26 Å². The lowest BCUT2D eigenvalue weighted by molar-refractivity contribution is -0.138. The molecule has 1 amide bonds. The Bertz CT molecular complexity index is 749. The van der Waals surface area contributed by atoms with Crippen LogP contribution in [-0.4, -0.2) is 67.3 Å². The predicted octanol–water partition coefficient (Wildman–Crippen LogP) is 1.76. The van der Waals surface area contributed by atoms with Crippen LogP contribution < -0.4 is 4.90 Å². The summed E-state index contributed by atoms with van der Waals surface area (Å²) in [7, 11) is 1.62. The number of pyridine rings is 1. The Hall–Kier alpha value is -2.66. The maximum atomic E-state index is 12.6. The zero-order chi connectivity index (χ0) is 20.0. The van der Waals surface area contributed by atoms with Gasteiger partial charge < -0.3 is 19.3 Å². The van der Waals surface area contributed by atoms with Crippen molar-refractivity contribution in [3.8, 4) is 6.07 Å². The Morgan fingerprint density at radius 1 is 1.32 bits per heavy atom. The average Bonchev–Trinajstić information content (AvgIpc) is 2.77. The lowest BCUT2D eigenvalue weighted by atomic mass is 9.81. The van der Waals surface area contributed by atoms with Gasteiger partial charge in [-0.1, -0.05) is 19.3 Å². The molecule has 0 spiro atoms. The molecule has 0 aromatic carbocycles. The Morgan fingerprint density at radius 3 is 2.71 bits per heavy atom. The van der Waals surface area contributed by atoms with E-state index in [4.69, 9.17) is 9.47 Å². The fourth-order valence-corrected chi connectivity index (χ4v) is 3.78. The molecule has 2 fully saturated rings. The molecule has 1 saturated carbocycles. The molecule has 3 rings (SSSR count). The van der Waals surface area contributed by atoms with E-state index < -0.39 is 18.1 Å². The number of rotatable bonds is 5. The van der Waals surface area contributed by atoms with Gasteiger partial charge >= 0.3 is 5.97 Å². The van der Waals surface area contributed by atoms with E-state index in [9.17, 15) is 14.9 Å². The summed E-state index contributed by atoms with van der Waals surface area (Å²) in [6.07, 6.45) is 5.85. The quantitative estimate of drug-likeness (QED) is 0.712. The lowest BCUT2D eigenvalue weighted by Crippen LogP contribution is -2.51. The number of morpholine rings is 1. The minimum Gasteiger partial charge on any atom is -0.452 e. The molecule has 1 aliphatic heterocycles. The molecule has 1 saturated heterocycles. The first kappa shape index (κ1) is 20.1. The molecule has 0 N–H and O–H groups in total. The van der Waals surface area contributed by atoms with Crippen LogP contribution in [0.1, 0.15) is 42.5 Å². The third-order valence-electron chi connectivity index (χ3n) is 5.55. The summed E-state index contributed by atoms with van der Waals surface area (Å²) in [4.78, 5) is 32.9. The van der Waals surface area contributed by atoms with E-state index in [2.05, 4.69) is 11.1 Å². The van der Waals surface area contributed by atoms with Gasteiger partial charge in [0.05, 0.1) is 19.3 Å². The van der Waals surface area contributed by atoms with Crippen molar-refractivity contribution in [2.24, 2.45) is 0 Å². The Morgan fingerprint density at radius 2 is 2.04 bits per heavy atom. The van der Waals surface area contributed by atoms with Gasteiger partial charge in [-0.25, -0.2) is 9.78 Å². The van der Waals surface area contributed by atoms with E-state index >= 15 is 0 Å². The number of likely N-dealkylation sites (N-methyl/N-ethyl adjacent to an activating group) is 1. The second-order valence-electron chi connectivity index (χ2n) is 7.21. The Kier molecular flexibility index (Phi) is 6.47. The summed E-state index contributed by atoms with van der Waals surface area (Å²) in [6.45, 7) is 2.04. The molecule has 0 bridgehead atoms. The van der Waals surface area contributed by atoms with E-state index in [0.717, 1.165) is 19.3 Å². The molecule has 0 atom stereocenters. The second kappa shape index (κ2) is 9.02. The fourth-order valence-electron chi connectivity index (χ4n) is 3.78. The number of nitrogens with zero attached hydrogens (tertiary/aromatic N) is 4. The van der Waals surface area contributed by atoms with Crippen molar-refractivity contribution in [3.05, 3.63) is 23.9 Å². The maximum Gasteiger partial charge on any atom is 0.342 e. The fraction of sp³-hybridized carbons (Fsp3) is 0.600. The monoisotopic (exact) mass is 386 g/mol. The van der Waals surface area contributed by atoms with Gasteiger partial charge in [-0.15, -0.1) is 0 Å². The van der Waals surface area contributed by atoms with E-state index in [1.54, 1.807) is 25.4 Å². The summed E-state index contributed by atoms with van der Waals surface area (Å²) in [6, 6.07) is 5.62. The smallest absolute Gasteiger partial charge is 0.342 e. The number of hydrogen-bond donors (Lipinski definition) is 0. The highest BCUT2D eigenvalue weighted by atomic mass is 16.5. The largest absolute Gasteiger partial charge is 0.452 e. The Labute approximate surface area is 165 Å². The van der Waals surface area contributed by atoms with Gasteiger partial charge in [0.25, 0.3) is 5.91 Å². The summed E-state index contributed by atoms with van der Waals surface area (Å²) >= 11 is 0. The molecule has 0 unspecified atom stereocenters. The molecule has 2 heterocycles. The van der Waals surface area contributed by atoms with Crippen molar-refractivity contribution in [1.82, 2.24) is 9.88 Å². The molecular formula is C20H26N4O4. The molecule has 8 nitrogen and oxygen atoms in total. The number of aromatic nitrogens is 1. The highest BCUT2D eigenvalue weighted by molar-refractivity contribution is 5.96. The first-order valence-corrected chi connectivity index (χ1v) is 9.70. The zero-order valence-electron chi connectivity index (χ0n) is 16.2. The number of amides is 1. The van der Waals surface area contributed by atoms with Crippen LogP contribution in [0.3, 0.4) is 0 Å². The van der Waals surface area contributed by atoms with E-state index in [1.165, 1.54) is 4.90 Å². The average molecular weight is 386 g/mol. The van der Waals surface area contributed by atoms with Crippen LogP contribution >= 0.6 is 0 Å². The highest BCUT2D eigenvalue weighted by Crippen LogP contribution is 2.32. The van der Waals surface area contributed by atoms with Gasteiger partial charge in [0.2, 0.25) is 0 Å². The molecule has 2 aliphatic rings. The molecule has 1 aliphatic carbocycles. The highest BCUT2D eigenvalue weighted by Gasteiger charge is 2.39. The van der Waals surface area contributed by atoms with Gasteiger partial charge in [-0.3, -0.25) is 4.79 Å². The minimum atomic E-state index is -0.797. The normalized spacial score (nSPS) is 18.8.